The number of rotatable bonds is 2. The Balaban J connectivity index is 1.15. The van der Waals surface area contributed by atoms with Gasteiger partial charge in [0.15, 0.2) is 5.65 Å². The smallest absolute Gasteiger partial charge is 0.156 e. The molecule has 240 valence electrons. The molecule has 0 aliphatic carbocycles. The quantitative estimate of drug-likeness (QED) is 0.135. The van der Waals surface area contributed by atoms with Gasteiger partial charge < -0.3 is 0 Å². The molecule has 0 bridgehead atoms. The first-order valence-corrected chi connectivity index (χ1v) is 18.5. The molecule has 0 spiro atoms. The Morgan fingerprint density at radius 1 is 0.423 bits per heavy atom. The first kappa shape index (κ1) is 28.1. The lowest BCUT2D eigenvalue weighted by Gasteiger charge is -2.12. The zero-order chi connectivity index (χ0) is 33.9. The second kappa shape index (κ2) is 10.5. The molecule has 52 heavy (non-hydrogen) atoms. The lowest BCUT2D eigenvalue weighted by atomic mass is 9.94. The van der Waals surface area contributed by atoms with E-state index < -0.39 is 0 Å². The Labute approximate surface area is 301 Å². The third-order valence-corrected chi connectivity index (χ3v) is 12.2. The number of hydrogen-bond acceptors (Lipinski definition) is 3. The number of imidazole rings is 1. The highest BCUT2D eigenvalue weighted by atomic mass is 32.1. The minimum Gasteiger partial charge on any atom is -0.291 e. The lowest BCUT2D eigenvalue weighted by Crippen LogP contribution is -1.93. The van der Waals surface area contributed by atoms with Crippen molar-refractivity contribution in [1.29, 1.82) is 0 Å². The van der Waals surface area contributed by atoms with Gasteiger partial charge in [-0.05, 0) is 85.4 Å². The number of fused-ring (bicyclic) bond motifs is 15. The monoisotopic (exact) mass is 677 g/mol. The van der Waals surface area contributed by atoms with Crippen molar-refractivity contribution in [1.82, 2.24) is 14.4 Å². The number of aromatic nitrogens is 3. The van der Waals surface area contributed by atoms with Gasteiger partial charge in [0.2, 0.25) is 0 Å². The fourth-order valence-electron chi connectivity index (χ4n) is 8.49. The summed E-state index contributed by atoms with van der Waals surface area (Å²) in [6.45, 7) is 0. The summed E-state index contributed by atoms with van der Waals surface area (Å²) in [5, 5.41) is 13.5. The van der Waals surface area contributed by atoms with E-state index in [1.165, 1.54) is 74.4 Å². The maximum Gasteiger partial charge on any atom is 0.156 e. The van der Waals surface area contributed by atoms with Gasteiger partial charge in [-0.3, -0.25) is 9.38 Å². The summed E-state index contributed by atoms with van der Waals surface area (Å²) in [4.78, 5) is 10.3. The third-order valence-electron chi connectivity index (χ3n) is 11.0. The molecule has 0 fully saturated rings. The van der Waals surface area contributed by atoms with E-state index in [0.29, 0.717) is 0 Å². The topological polar surface area (TPSA) is 30.2 Å². The fraction of sp³-hybridized carbons (Fsp3) is 0. The minimum atomic E-state index is 1.01. The highest BCUT2D eigenvalue weighted by molar-refractivity contribution is 7.27. The number of pyridine rings is 2. The van der Waals surface area contributed by atoms with Crippen molar-refractivity contribution in [2.75, 3.05) is 0 Å². The van der Waals surface area contributed by atoms with Crippen LogP contribution in [0.5, 0.6) is 0 Å². The van der Waals surface area contributed by atoms with Crippen LogP contribution in [0.4, 0.5) is 0 Å². The molecular formula is C48H27N3S. The van der Waals surface area contributed by atoms with E-state index in [0.717, 1.165) is 38.8 Å². The standard InChI is InChI=1S/C48H27N3S/c1-2-10-32-25-40-33(24-31(32)9-1)20-22-42-45(40)50-48-47-41(38-21-19-28-8-3-4-12-35(28)46(38)52-47)27-43(51(42)48)30-17-15-29(16-18-30)39-26-34-11-7-23-49-44(34)37-14-6-5-13-36(37)39/h1-27H. The van der Waals surface area contributed by atoms with Crippen LogP contribution in [0.15, 0.2) is 164 Å². The summed E-state index contributed by atoms with van der Waals surface area (Å²) in [7, 11) is 0. The maximum atomic E-state index is 5.54. The molecule has 4 aromatic heterocycles. The second-order valence-corrected chi connectivity index (χ2v) is 14.8. The predicted molar refractivity (Wildman–Crippen MR) is 222 cm³/mol. The van der Waals surface area contributed by atoms with Crippen LogP contribution in [0.3, 0.4) is 0 Å². The van der Waals surface area contributed by atoms with Crippen LogP contribution in [0, 0.1) is 0 Å². The van der Waals surface area contributed by atoms with E-state index in [1.807, 2.05) is 23.6 Å². The van der Waals surface area contributed by atoms with Gasteiger partial charge in [-0.1, -0.05) is 121 Å². The number of nitrogens with zero attached hydrogens (tertiary/aromatic N) is 3. The fourth-order valence-corrected chi connectivity index (χ4v) is 9.79. The van der Waals surface area contributed by atoms with Gasteiger partial charge >= 0.3 is 0 Å². The van der Waals surface area contributed by atoms with Crippen molar-refractivity contribution in [2.45, 2.75) is 0 Å². The molecule has 0 N–H and O–H groups in total. The average molecular weight is 678 g/mol. The molecule has 4 heterocycles. The van der Waals surface area contributed by atoms with Crippen LogP contribution in [0.1, 0.15) is 0 Å². The van der Waals surface area contributed by atoms with Crippen molar-refractivity contribution in [2.24, 2.45) is 0 Å². The van der Waals surface area contributed by atoms with Crippen LogP contribution >= 0.6 is 11.3 Å². The normalized spacial score (nSPS) is 12.2. The molecule has 0 saturated carbocycles. The van der Waals surface area contributed by atoms with Crippen molar-refractivity contribution in [3.8, 4) is 22.4 Å². The maximum absolute atomic E-state index is 5.54. The summed E-state index contributed by atoms with van der Waals surface area (Å²) >= 11 is 1.86. The van der Waals surface area contributed by atoms with E-state index in [1.54, 1.807) is 0 Å². The van der Waals surface area contributed by atoms with Gasteiger partial charge in [0.25, 0.3) is 0 Å². The molecule has 4 heteroatoms. The summed E-state index contributed by atoms with van der Waals surface area (Å²) in [5.41, 5.74) is 8.89. The largest absolute Gasteiger partial charge is 0.291 e. The minimum absolute atomic E-state index is 1.01. The molecule has 12 rings (SSSR count). The van der Waals surface area contributed by atoms with Gasteiger partial charge in [0, 0.05) is 37.8 Å². The van der Waals surface area contributed by atoms with Crippen LogP contribution in [0.2, 0.25) is 0 Å². The van der Waals surface area contributed by atoms with E-state index in [2.05, 4.69) is 156 Å². The van der Waals surface area contributed by atoms with Crippen molar-refractivity contribution in [3.05, 3.63) is 164 Å². The van der Waals surface area contributed by atoms with Gasteiger partial charge in [0.1, 0.15) is 0 Å². The summed E-state index contributed by atoms with van der Waals surface area (Å²) < 4.78 is 4.92. The SMILES string of the molecule is c1ccc2cc3c(ccc4c3nc3c5sc6c7ccccc7ccc6c5cc(-c5ccc(-c6cc7cccnc7c7ccccc67)cc5)n43)cc2c1. The van der Waals surface area contributed by atoms with Crippen LogP contribution in [0.25, 0.3) is 113 Å². The third kappa shape index (κ3) is 3.90. The molecular weight excluding hydrogens is 651 g/mol. The first-order valence-electron chi connectivity index (χ1n) is 17.6. The Bertz CT molecular complexity index is 3460. The van der Waals surface area contributed by atoms with E-state index in [4.69, 9.17) is 9.97 Å². The van der Waals surface area contributed by atoms with Crippen molar-refractivity contribution in [3.63, 3.8) is 0 Å². The van der Waals surface area contributed by atoms with Gasteiger partial charge in [-0.25, -0.2) is 4.98 Å². The molecule has 0 radical (unpaired) electrons. The van der Waals surface area contributed by atoms with Crippen molar-refractivity contribution >= 4 is 102 Å². The predicted octanol–water partition coefficient (Wildman–Crippen LogP) is 13.4. The Hall–Kier alpha value is -6.62. The van der Waals surface area contributed by atoms with Crippen LogP contribution < -0.4 is 0 Å². The molecule has 0 aliphatic heterocycles. The zero-order valence-corrected chi connectivity index (χ0v) is 28.7. The average Bonchev–Trinajstić information content (AvgIpc) is 3.79. The van der Waals surface area contributed by atoms with Crippen LogP contribution in [-0.4, -0.2) is 14.4 Å². The zero-order valence-electron chi connectivity index (χ0n) is 27.8. The number of thiophene rings is 1. The van der Waals surface area contributed by atoms with Crippen molar-refractivity contribution < 1.29 is 0 Å². The Kier molecular flexibility index (Phi) is 5.65. The Morgan fingerprint density at radius 2 is 1.13 bits per heavy atom. The first-order chi connectivity index (χ1) is 25.8. The molecule has 0 aliphatic rings. The molecule has 3 nitrogen and oxygen atoms in total. The van der Waals surface area contributed by atoms with Gasteiger partial charge in [-0.2, -0.15) is 0 Å². The van der Waals surface area contributed by atoms with E-state index >= 15 is 0 Å². The number of benzene rings is 8. The lowest BCUT2D eigenvalue weighted by molar-refractivity contribution is 1.25. The molecule has 0 amide bonds. The van der Waals surface area contributed by atoms with E-state index in [-0.39, 0.29) is 0 Å². The summed E-state index contributed by atoms with van der Waals surface area (Å²) in [6.07, 6.45) is 1.88. The van der Waals surface area contributed by atoms with Gasteiger partial charge in [-0.15, -0.1) is 11.3 Å². The van der Waals surface area contributed by atoms with Crippen LogP contribution in [-0.2, 0) is 0 Å². The molecule has 8 aromatic carbocycles. The second-order valence-electron chi connectivity index (χ2n) is 13.8. The summed E-state index contributed by atoms with van der Waals surface area (Å²) in [5.74, 6) is 0. The van der Waals surface area contributed by atoms with Gasteiger partial charge in [0.05, 0.1) is 26.9 Å². The van der Waals surface area contributed by atoms with E-state index in [9.17, 15) is 0 Å². The molecule has 0 unspecified atom stereocenters. The molecule has 0 saturated heterocycles. The number of hydrogen-bond donors (Lipinski definition) is 0. The molecule has 12 aromatic rings. The Morgan fingerprint density at radius 3 is 2.00 bits per heavy atom. The highest BCUT2D eigenvalue weighted by Crippen LogP contribution is 2.44. The highest BCUT2D eigenvalue weighted by Gasteiger charge is 2.20. The molecule has 0 atom stereocenters. The summed E-state index contributed by atoms with van der Waals surface area (Å²) in [6, 6.07) is 57.6.